The van der Waals surface area contributed by atoms with Crippen molar-refractivity contribution >= 4 is 0 Å². The van der Waals surface area contributed by atoms with Gasteiger partial charge in [0.05, 0.1) is 12.0 Å². The fourth-order valence-corrected chi connectivity index (χ4v) is 1.98. The Morgan fingerprint density at radius 3 is 2.78 bits per heavy atom. The molecule has 1 heterocycles. The van der Waals surface area contributed by atoms with Crippen molar-refractivity contribution < 1.29 is 0 Å². The summed E-state index contributed by atoms with van der Waals surface area (Å²) < 4.78 is 2.23. The maximum Gasteiger partial charge on any atom is 0.0948 e. The second-order valence-corrected chi connectivity index (χ2v) is 5.51. The molecule has 0 radical (unpaired) electrons. The predicted octanol–water partition coefficient (Wildman–Crippen LogP) is 2.10. The summed E-state index contributed by atoms with van der Waals surface area (Å²) in [6.45, 7) is 9.59. The van der Waals surface area contributed by atoms with E-state index in [9.17, 15) is 0 Å². The normalized spacial score (nSPS) is 13.5. The van der Waals surface area contributed by atoms with E-state index < -0.39 is 0 Å². The van der Waals surface area contributed by atoms with E-state index in [1.54, 1.807) is 0 Å². The van der Waals surface area contributed by atoms with E-state index in [0.717, 1.165) is 32.5 Å². The Morgan fingerprint density at radius 2 is 2.17 bits per heavy atom. The Labute approximate surface area is 111 Å². The van der Waals surface area contributed by atoms with Crippen LogP contribution in [0.15, 0.2) is 12.5 Å². The molecule has 0 spiro atoms. The maximum absolute atomic E-state index is 6.07. The molecule has 2 N–H and O–H groups in total. The lowest BCUT2D eigenvalue weighted by Gasteiger charge is -2.21. The second kappa shape index (κ2) is 7.54. The average Bonchev–Trinajstić information content (AvgIpc) is 2.74. The van der Waals surface area contributed by atoms with E-state index in [1.807, 2.05) is 12.5 Å². The van der Waals surface area contributed by atoms with Gasteiger partial charge in [-0.2, -0.15) is 0 Å². The van der Waals surface area contributed by atoms with Crippen LogP contribution in [-0.2, 0) is 13.1 Å². The number of hydrogen-bond donors (Lipinski definition) is 1. The van der Waals surface area contributed by atoms with Gasteiger partial charge in [0.25, 0.3) is 0 Å². The molecule has 0 aliphatic rings. The van der Waals surface area contributed by atoms with E-state index >= 15 is 0 Å². The van der Waals surface area contributed by atoms with Gasteiger partial charge < -0.3 is 15.2 Å². The smallest absolute Gasteiger partial charge is 0.0948 e. The van der Waals surface area contributed by atoms with Gasteiger partial charge in [-0.1, -0.05) is 20.8 Å². The number of nitrogens with zero attached hydrogens (tertiary/aromatic N) is 3. The van der Waals surface area contributed by atoms with E-state index in [-0.39, 0.29) is 0 Å². The van der Waals surface area contributed by atoms with Crippen molar-refractivity contribution in [1.82, 2.24) is 14.5 Å². The first-order valence-corrected chi connectivity index (χ1v) is 6.97. The lowest BCUT2D eigenvalue weighted by Crippen LogP contribution is -2.32. The molecule has 0 aromatic carbocycles. The Morgan fingerprint density at radius 1 is 1.44 bits per heavy atom. The van der Waals surface area contributed by atoms with Gasteiger partial charge in [0.15, 0.2) is 0 Å². The molecule has 4 nitrogen and oxygen atoms in total. The van der Waals surface area contributed by atoms with Crippen LogP contribution in [0.5, 0.6) is 0 Å². The molecule has 0 saturated heterocycles. The molecular formula is C14H28N4. The Balaban J connectivity index is 2.39. The fraction of sp³-hybridized carbons (Fsp3) is 0.786. The first kappa shape index (κ1) is 15.2. The summed E-state index contributed by atoms with van der Waals surface area (Å²) in [4.78, 5) is 6.55. The van der Waals surface area contributed by atoms with Crippen molar-refractivity contribution in [2.75, 3.05) is 13.6 Å². The fourth-order valence-electron chi connectivity index (χ4n) is 1.98. The molecule has 0 amide bonds. The third-order valence-corrected chi connectivity index (χ3v) is 3.40. The van der Waals surface area contributed by atoms with Crippen molar-refractivity contribution in [3.63, 3.8) is 0 Å². The molecule has 0 aliphatic heterocycles. The summed E-state index contributed by atoms with van der Waals surface area (Å²) >= 11 is 0. The largest absolute Gasteiger partial charge is 0.333 e. The molecule has 0 bridgehead atoms. The zero-order chi connectivity index (χ0) is 13.5. The second-order valence-electron chi connectivity index (χ2n) is 5.51. The molecule has 0 saturated carbocycles. The molecule has 4 heteroatoms. The molecule has 0 fully saturated rings. The Hall–Kier alpha value is -0.870. The first-order chi connectivity index (χ1) is 8.54. The minimum Gasteiger partial charge on any atom is -0.333 e. The highest BCUT2D eigenvalue weighted by molar-refractivity contribution is 4.98. The minimum atomic E-state index is 0.299. The molecule has 1 aromatic heterocycles. The van der Waals surface area contributed by atoms with Gasteiger partial charge in [-0.3, -0.25) is 0 Å². The monoisotopic (exact) mass is 252 g/mol. The topological polar surface area (TPSA) is 47.1 Å². The van der Waals surface area contributed by atoms with Crippen LogP contribution in [0.1, 0.15) is 39.3 Å². The van der Waals surface area contributed by atoms with Gasteiger partial charge in [-0.15, -0.1) is 0 Å². The van der Waals surface area contributed by atoms with Gasteiger partial charge in [0.1, 0.15) is 0 Å². The first-order valence-electron chi connectivity index (χ1n) is 6.97. The van der Waals surface area contributed by atoms with Crippen molar-refractivity contribution in [3.05, 3.63) is 18.2 Å². The highest BCUT2D eigenvalue weighted by Gasteiger charge is 2.10. The van der Waals surface area contributed by atoms with Gasteiger partial charge in [-0.05, 0) is 32.4 Å². The van der Waals surface area contributed by atoms with Crippen molar-refractivity contribution in [2.45, 2.75) is 52.7 Å². The van der Waals surface area contributed by atoms with Crippen LogP contribution in [0.25, 0.3) is 0 Å². The van der Waals surface area contributed by atoms with E-state index in [0.29, 0.717) is 12.0 Å². The van der Waals surface area contributed by atoms with Crippen molar-refractivity contribution in [3.8, 4) is 0 Å². The summed E-state index contributed by atoms with van der Waals surface area (Å²) in [5.41, 5.74) is 7.36. The predicted molar refractivity (Wildman–Crippen MR) is 76.3 cm³/mol. The van der Waals surface area contributed by atoms with Gasteiger partial charge in [0, 0.05) is 25.3 Å². The highest BCUT2D eigenvalue weighted by atomic mass is 15.1. The summed E-state index contributed by atoms with van der Waals surface area (Å²) in [7, 11) is 2.15. The highest BCUT2D eigenvalue weighted by Crippen LogP contribution is 2.07. The SMILES string of the molecule is CCCn1cncc1CN(C)CCC(N)C(C)C. The van der Waals surface area contributed by atoms with Crippen LogP contribution >= 0.6 is 0 Å². The maximum atomic E-state index is 6.07. The van der Waals surface area contributed by atoms with Crippen LogP contribution in [-0.4, -0.2) is 34.1 Å². The minimum absolute atomic E-state index is 0.299. The number of rotatable bonds is 8. The van der Waals surface area contributed by atoms with Crippen molar-refractivity contribution in [1.29, 1.82) is 0 Å². The summed E-state index contributed by atoms with van der Waals surface area (Å²) in [6, 6.07) is 0.299. The van der Waals surface area contributed by atoms with E-state index in [2.05, 4.69) is 42.3 Å². The molecular weight excluding hydrogens is 224 g/mol. The standard InChI is InChI=1S/C14H28N4/c1-5-7-18-11-16-9-13(18)10-17(4)8-6-14(15)12(2)3/h9,11-12,14H,5-8,10,15H2,1-4H3. The molecule has 1 rings (SSSR count). The number of hydrogen-bond acceptors (Lipinski definition) is 3. The third-order valence-electron chi connectivity index (χ3n) is 3.40. The number of aryl methyl sites for hydroxylation is 1. The van der Waals surface area contributed by atoms with Crippen LogP contribution in [0.4, 0.5) is 0 Å². The molecule has 0 aliphatic carbocycles. The van der Waals surface area contributed by atoms with Gasteiger partial charge >= 0.3 is 0 Å². The number of aromatic nitrogens is 2. The summed E-state index contributed by atoms with van der Waals surface area (Å²) in [5, 5.41) is 0. The zero-order valence-electron chi connectivity index (χ0n) is 12.3. The van der Waals surface area contributed by atoms with Crippen LogP contribution in [0.3, 0.4) is 0 Å². The van der Waals surface area contributed by atoms with E-state index in [1.165, 1.54) is 5.69 Å². The molecule has 18 heavy (non-hydrogen) atoms. The Kier molecular flexibility index (Phi) is 6.36. The molecule has 104 valence electrons. The van der Waals surface area contributed by atoms with Crippen LogP contribution in [0.2, 0.25) is 0 Å². The summed E-state index contributed by atoms with van der Waals surface area (Å²) in [6.07, 6.45) is 6.09. The molecule has 1 aromatic rings. The lowest BCUT2D eigenvalue weighted by molar-refractivity contribution is 0.289. The summed E-state index contributed by atoms with van der Waals surface area (Å²) in [5.74, 6) is 0.559. The molecule has 1 atom stereocenters. The number of nitrogens with two attached hydrogens (primary N) is 1. The quantitative estimate of drug-likeness (QED) is 0.770. The van der Waals surface area contributed by atoms with Crippen molar-refractivity contribution in [2.24, 2.45) is 11.7 Å². The molecule has 1 unspecified atom stereocenters. The third kappa shape index (κ3) is 4.78. The van der Waals surface area contributed by atoms with Gasteiger partial charge in [0.2, 0.25) is 0 Å². The lowest BCUT2D eigenvalue weighted by atomic mass is 10.0. The van der Waals surface area contributed by atoms with Crippen LogP contribution in [0, 0.1) is 5.92 Å². The van der Waals surface area contributed by atoms with Gasteiger partial charge in [-0.25, -0.2) is 4.98 Å². The Bertz CT molecular complexity index is 332. The van der Waals surface area contributed by atoms with Crippen LogP contribution < -0.4 is 5.73 Å². The average molecular weight is 252 g/mol. The van der Waals surface area contributed by atoms with E-state index in [4.69, 9.17) is 5.73 Å². The zero-order valence-corrected chi connectivity index (χ0v) is 12.3. The number of imidazole rings is 1.